The number of phenolic OH excluding ortho intramolecular Hbond substituents is 1. The molecule has 1 aromatic rings. The quantitative estimate of drug-likeness (QED) is 0.856. The predicted molar refractivity (Wildman–Crippen MR) is 65.8 cm³/mol. The molecule has 0 bridgehead atoms. The van der Waals surface area contributed by atoms with Crippen molar-refractivity contribution in [1.29, 1.82) is 0 Å². The summed E-state index contributed by atoms with van der Waals surface area (Å²) in [4.78, 5) is 13.5. The molecule has 1 saturated heterocycles. The van der Waals surface area contributed by atoms with E-state index in [4.69, 9.17) is 10.8 Å². The van der Waals surface area contributed by atoms with Crippen LogP contribution < -0.4 is 5.73 Å². The van der Waals surface area contributed by atoms with Crippen molar-refractivity contribution in [3.63, 3.8) is 0 Å². The number of halogens is 1. The molecule has 0 saturated carbocycles. The van der Waals surface area contributed by atoms with Gasteiger partial charge in [-0.2, -0.15) is 0 Å². The minimum atomic E-state index is -0.704. The summed E-state index contributed by atoms with van der Waals surface area (Å²) in [6.45, 7) is 2.96. The molecular weight excluding hydrogens is 235 g/mol. The molecule has 0 spiro atoms. The largest absolute Gasteiger partial charge is 0.508 e. The van der Waals surface area contributed by atoms with Crippen LogP contribution in [-0.4, -0.2) is 34.5 Å². The van der Waals surface area contributed by atoms with Crippen LogP contribution >= 0.6 is 0 Å². The van der Waals surface area contributed by atoms with E-state index >= 15 is 0 Å². The number of hydrogen-bond acceptors (Lipinski definition) is 3. The first-order chi connectivity index (χ1) is 8.45. The fraction of sp³-hybridized carbons (Fsp3) is 0.462. The number of nitrogens with two attached hydrogens (primary N) is 1. The average Bonchev–Trinajstić information content (AvgIpc) is 2.25. The van der Waals surface area contributed by atoms with Gasteiger partial charge in [0.15, 0.2) is 0 Å². The fourth-order valence-electron chi connectivity index (χ4n) is 2.36. The number of benzene rings is 1. The second-order valence-electron chi connectivity index (χ2n) is 4.94. The maximum atomic E-state index is 13.5. The molecule has 5 heteroatoms. The van der Waals surface area contributed by atoms with E-state index < -0.39 is 5.82 Å². The monoisotopic (exact) mass is 252 g/mol. The van der Waals surface area contributed by atoms with Gasteiger partial charge in [0.1, 0.15) is 11.6 Å². The van der Waals surface area contributed by atoms with Crippen molar-refractivity contribution < 1.29 is 14.3 Å². The summed E-state index contributed by atoms with van der Waals surface area (Å²) >= 11 is 0. The Hall–Kier alpha value is -1.62. The van der Waals surface area contributed by atoms with E-state index in [1.54, 1.807) is 0 Å². The normalized spacial score (nSPS) is 17.4. The van der Waals surface area contributed by atoms with Gasteiger partial charge in [-0.15, -0.1) is 0 Å². The van der Waals surface area contributed by atoms with Crippen molar-refractivity contribution in [2.75, 3.05) is 13.1 Å². The number of likely N-dealkylation sites (tertiary alicyclic amines) is 1. The summed E-state index contributed by atoms with van der Waals surface area (Å²) in [5, 5.41) is 9.10. The minimum absolute atomic E-state index is 0.0219. The van der Waals surface area contributed by atoms with Crippen LogP contribution in [0.5, 0.6) is 5.75 Å². The van der Waals surface area contributed by atoms with E-state index in [1.807, 2.05) is 6.92 Å². The van der Waals surface area contributed by atoms with Gasteiger partial charge in [0.05, 0.1) is 11.1 Å². The van der Waals surface area contributed by atoms with Crippen LogP contribution in [0.4, 0.5) is 4.39 Å². The van der Waals surface area contributed by atoms with Crippen LogP contribution in [0, 0.1) is 5.82 Å². The molecule has 1 aliphatic rings. The van der Waals surface area contributed by atoms with Crippen molar-refractivity contribution in [2.24, 2.45) is 5.73 Å². The molecular formula is C13H17FN2O2. The number of rotatable bonds is 3. The third-order valence-electron chi connectivity index (χ3n) is 3.23. The molecule has 2 rings (SSSR count). The zero-order chi connectivity index (χ0) is 13.3. The molecule has 1 aliphatic heterocycles. The number of carbonyl (C=O) groups excluding carboxylic acids is 1. The Bertz CT molecular complexity index is 470. The highest BCUT2D eigenvalue weighted by Crippen LogP contribution is 2.26. The molecule has 0 atom stereocenters. The molecule has 3 N–H and O–H groups in total. The third kappa shape index (κ3) is 2.31. The van der Waals surface area contributed by atoms with Gasteiger partial charge in [-0.1, -0.05) is 13.3 Å². The van der Waals surface area contributed by atoms with E-state index in [0.29, 0.717) is 13.1 Å². The number of hydrogen-bond donors (Lipinski definition) is 2. The molecule has 0 aromatic heterocycles. The van der Waals surface area contributed by atoms with E-state index in [0.717, 1.165) is 18.9 Å². The number of phenols is 1. The van der Waals surface area contributed by atoms with Crippen molar-refractivity contribution in [3.05, 3.63) is 29.6 Å². The lowest BCUT2D eigenvalue weighted by Crippen LogP contribution is -2.68. The number of aromatic hydroxyl groups is 1. The number of nitrogens with zero attached hydrogens (tertiary/aromatic N) is 1. The Morgan fingerprint density at radius 3 is 2.78 bits per heavy atom. The molecule has 1 amide bonds. The van der Waals surface area contributed by atoms with Crippen LogP contribution in [-0.2, 0) is 0 Å². The van der Waals surface area contributed by atoms with Crippen molar-refractivity contribution in [1.82, 2.24) is 4.90 Å². The smallest absolute Gasteiger partial charge is 0.256 e. The maximum absolute atomic E-state index is 13.5. The first kappa shape index (κ1) is 12.8. The number of amides is 1. The van der Waals surface area contributed by atoms with Crippen molar-refractivity contribution in [3.8, 4) is 5.75 Å². The van der Waals surface area contributed by atoms with Gasteiger partial charge in [-0.05, 0) is 18.6 Å². The van der Waals surface area contributed by atoms with E-state index in [-0.39, 0.29) is 22.8 Å². The predicted octanol–water partition coefficient (Wildman–Crippen LogP) is 1.48. The maximum Gasteiger partial charge on any atom is 0.256 e. The van der Waals surface area contributed by atoms with Gasteiger partial charge < -0.3 is 15.7 Å². The highest BCUT2D eigenvalue weighted by molar-refractivity contribution is 5.95. The molecule has 18 heavy (non-hydrogen) atoms. The lowest BCUT2D eigenvalue weighted by molar-refractivity contribution is 0.0382. The summed E-state index contributed by atoms with van der Waals surface area (Å²) in [6.07, 6.45) is 1.82. The lowest BCUT2D eigenvalue weighted by Gasteiger charge is -2.47. The topological polar surface area (TPSA) is 66.6 Å². The van der Waals surface area contributed by atoms with E-state index in [1.165, 1.54) is 17.0 Å². The highest BCUT2D eigenvalue weighted by atomic mass is 19.1. The van der Waals surface area contributed by atoms with Crippen molar-refractivity contribution in [2.45, 2.75) is 25.3 Å². The average molecular weight is 252 g/mol. The summed E-state index contributed by atoms with van der Waals surface area (Å²) in [5.41, 5.74) is 5.71. The summed E-state index contributed by atoms with van der Waals surface area (Å²) in [7, 11) is 0. The molecule has 0 aliphatic carbocycles. The Balaban J connectivity index is 2.06. The molecule has 0 unspecified atom stereocenters. The first-order valence-electron chi connectivity index (χ1n) is 6.02. The second kappa shape index (κ2) is 4.57. The van der Waals surface area contributed by atoms with Crippen LogP contribution in [0.2, 0.25) is 0 Å². The Morgan fingerprint density at radius 2 is 2.22 bits per heavy atom. The van der Waals surface area contributed by atoms with Crippen LogP contribution in [0.15, 0.2) is 18.2 Å². The first-order valence-corrected chi connectivity index (χ1v) is 6.02. The van der Waals surface area contributed by atoms with Gasteiger partial charge in [0.2, 0.25) is 0 Å². The summed E-state index contributed by atoms with van der Waals surface area (Å²) in [6, 6.07) is 3.54. The Morgan fingerprint density at radius 1 is 1.56 bits per heavy atom. The standard InChI is InChI=1S/C13H17FN2O2/c1-2-5-13(15)7-16(8-13)12(18)10-4-3-9(17)6-11(10)14/h3-4,6,17H,2,5,7-8,15H2,1H3. The second-order valence-corrected chi connectivity index (χ2v) is 4.94. The third-order valence-corrected chi connectivity index (χ3v) is 3.23. The molecule has 1 aromatic carbocycles. The molecule has 98 valence electrons. The van der Waals surface area contributed by atoms with Gasteiger partial charge in [0, 0.05) is 19.2 Å². The van der Waals surface area contributed by atoms with Gasteiger partial charge in [-0.25, -0.2) is 4.39 Å². The Labute approximate surface area is 105 Å². The van der Waals surface area contributed by atoms with E-state index in [9.17, 15) is 9.18 Å². The van der Waals surface area contributed by atoms with Crippen LogP contribution in [0.3, 0.4) is 0 Å². The lowest BCUT2D eigenvalue weighted by atomic mass is 9.86. The van der Waals surface area contributed by atoms with Gasteiger partial charge >= 0.3 is 0 Å². The highest BCUT2D eigenvalue weighted by Gasteiger charge is 2.41. The molecule has 1 fully saturated rings. The van der Waals surface area contributed by atoms with Crippen LogP contribution in [0.1, 0.15) is 30.1 Å². The zero-order valence-electron chi connectivity index (χ0n) is 10.3. The summed E-state index contributed by atoms with van der Waals surface area (Å²) < 4.78 is 13.5. The minimum Gasteiger partial charge on any atom is -0.508 e. The fourth-order valence-corrected chi connectivity index (χ4v) is 2.36. The number of carbonyl (C=O) groups is 1. The van der Waals surface area contributed by atoms with Gasteiger partial charge in [0.25, 0.3) is 5.91 Å². The SMILES string of the molecule is CCCC1(N)CN(C(=O)c2ccc(O)cc2F)C1. The van der Waals surface area contributed by atoms with E-state index in [2.05, 4.69) is 0 Å². The zero-order valence-corrected chi connectivity index (χ0v) is 10.3. The van der Waals surface area contributed by atoms with Crippen molar-refractivity contribution >= 4 is 5.91 Å². The molecule has 0 radical (unpaired) electrons. The van der Waals surface area contributed by atoms with Crippen LogP contribution in [0.25, 0.3) is 0 Å². The summed E-state index contributed by atoms with van der Waals surface area (Å²) in [5.74, 6) is -1.26. The molecule has 1 heterocycles. The van der Waals surface area contributed by atoms with Gasteiger partial charge in [-0.3, -0.25) is 4.79 Å². The molecule has 4 nitrogen and oxygen atoms in total. The Kier molecular flexibility index (Phi) is 3.26.